The third-order valence-electron chi connectivity index (χ3n) is 4.12. The largest absolute Gasteiger partial charge is 0.339 e. The lowest BCUT2D eigenvalue weighted by Gasteiger charge is -2.17. The molecule has 23 heavy (non-hydrogen) atoms. The maximum absolute atomic E-state index is 12.5. The Bertz CT molecular complexity index is 919. The Morgan fingerprint density at radius 2 is 1.91 bits per heavy atom. The third kappa shape index (κ3) is 2.82. The van der Waals surface area contributed by atoms with Gasteiger partial charge in [0.1, 0.15) is 6.54 Å². The molecule has 0 radical (unpaired) electrons. The summed E-state index contributed by atoms with van der Waals surface area (Å²) in [5.41, 5.74) is 2.65. The Morgan fingerprint density at radius 3 is 2.57 bits per heavy atom. The number of benzene rings is 1. The minimum atomic E-state index is -0.166. The van der Waals surface area contributed by atoms with Crippen molar-refractivity contribution < 1.29 is 4.79 Å². The number of aromatic nitrogens is 2. The highest BCUT2D eigenvalue weighted by molar-refractivity contribution is 7.10. The molecule has 3 rings (SSSR count). The fraction of sp³-hybridized carbons (Fsp3) is 0.294. The quantitative estimate of drug-likeness (QED) is 0.738. The van der Waals surface area contributed by atoms with Crippen molar-refractivity contribution in [2.75, 3.05) is 7.05 Å². The van der Waals surface area contributed by atoms with Gasteiger partial charge in [-0.3, -0.25) is 13.9 Å². The van der Waals surface area contributed by atoms with Crippen LogP contribution >= 0.6 is 11.3 Å². The van der Waals surface area contributed by atoms with Gasteiger partial charge in [-0.15, -0.1) is 11.3 Å². The van der Waals surface area contributed by atoms with E-state index >= 15 is 0 Å². The summed E-state index contributed by atoms with van der Waals surface area (Å²) < 4.78 is 3.11. The summed E-state index contributed by atoms with van der Waals surface area (Å²) in [6, 6.07) is 9.57. The van der Waals surface area contributed by atoms with Gasteiger partial charge in [0.25, 0.3) is 0 Å². The lowest BCUT2D eigenvalue weighted by molar-refractivity contribution is -0.131. The van der Waals surface area contributed by atoms with Crippen molar-refractivity contribution in [2.45, 2.75) is 20.0 Å². The van der Waals surface area contributed by atoms with Gasteiger partial charge in [0.15, 0.2) is 0 Å². The predicted molar refractivity (Wildman–Crippen MR) is 92.7 cm³/mol. The minimum Gasteiger partial charge on any atom is -0.339 e. The number of carbonyl (C=O) groups excluding carboxylic acids is 1. The van der Waals surface area contributed by atoms with Crippen LogP contribution in [-0.4, -0.2) is 27.0 Å². The SMILES string of the molecule is Cc1ccsc1CN(C)C(=O)Cn1c(=O)n(C)c2ccccc21. The molecule has 120 valence electrons. The van der Waals surface area contributed by atoms with Gasteiger partial charge < -0.3 is 4.90 Å². The number of thiophene rings is 1. The smallest absolute Gasteiger partial charge is 0.329 e. The number of nitrogens with zero attached hydrogens (tertiary/aromatic N) is 3. The first-order valence-electron chi connectivity index (χ1n) is 7.40. The molecule has 2 aromatic heterocycles. The maximum atomic E-state index is 12.5. The summed E-state index contributed by atoms with van der Waals surface area (Å²) in [5.74, 6) is -0.0729. The monoisotopic (exact) mass is 329 g/mol. The number of fused-ring (bicyclic) bond motifs is 1. The number of hydrogen-bond acceptors (Lipinski definition) is 3. The molecule has 5 nitrogen and oxygen atoms in total. The fourth-order valence-electron chi connectivity index (χ4n) is 2.64. The Hall–Kier alpha value is -2.34. The molecule has 0 aliphatic heterocycles. The molecule has 0 N–H and O–H groups in total. The van der Waals surface area contributed by atoms with Gasteiger partial charge in [-0.25, -0.2) is 4.79 Å². The molecule has 0 aliphatic rings. The van der Waals surface area contributed by atoms with Crippen LogP contribution < -0.4 is 5.69 Å². The van der Waals surface area contributed by atoms with E-state index in [1.54, 1.807) is 34.9 Å². The summed E-state index contributed by atoms with van der Waals surface area (Å²) in [6.45, 7) is 2.67. The number of likely N-dealkylation sites (N-methyl/N-ethyl adjacent to an activating group) is 1. The van der Waals surface area contributed by atoms with E-state index in [0.29, 0.717) is 6.54 Å². The molecular weight excluding hydrogens is 310 g/mol. The average molecular weight is 329 g/mol. The van der Waals surface area contributed by atoms with Gasteiger partial charge in [0, 0.05) is 19.0 Å². The van der Waals surface area contributed by atoms with Crippen molar-refractivity contribution >= 4 is 28.3 Å². The first kappa shape index (κ1) is 15.6. The van der Waals surface area contributed by atoms with Crippen molar-refractivity contribution in [3.63, 3.8) is 0 Å². The summed E-state index contributed by atoms with van der Waals surface area (Å²) >= 11 is 1.64. The predicted octanol–water partition coefficient (Wildman–Crippen LogP) is 2.37. The zero-order valence-electron chi connectivity index (χ0n) is 13.4. The van der Waals surface area contributed by atoms with Crippen molar-refractivity contribution in [1.29, 1.82) is 0 Å². The van der Waals surface area contributed by atoms with Gasteiger partial charge in [-0.1, -0.05) is 12.1 Å². The number of hydrogen-bond donors (Lipinski definition) is 0. The average Bonchev–Trinajstić information content (AvgIpc) is 3.05. The lowest BCUT2D eigenvalue weighted by atomic mass is 10.3. The topological polar surface area (TPSA) is 47.2 Å². The van der Waals surface area contributed by atoms with Crippen molar-refractivity contribution in [1.82, 2.24) is 14.0 Å². The van der Waals surface area contributed by atoms with Gasteiger partial charge >= 0.3 is 5.69 Å². The molecule has 0 fully saturated rings. The number of imidazole rings is 1. The molecule has 0 spiro atoms. The maximum Gasteiger partial charge on any atom is 0.329 e. The van der Waals surface area contributed by atoms with Crippen LogP contribution in [0.15, 0.2) is 40.5 Å². The third-order valence-corrected chi connectivity index (χ3v) is 5.13. The number of aryl methyl sites for hydroxylation is 2. The Kier molecular flexibility index (Phi) is 4.09. The van der Waals surface area contributed by atoms with E-state index < -0.39 is 0 Å². The van der Waals surface area contributed by atoms with E-state index in [1.807, 2.05) is 42.6 Å². The summed E-state index contributed by atoms with van der Waals surface area (Å²) in [5, 5.41) is 2.03. The molecule has 0 unspecified atom stereocenters. The Morgan fingerprint density at radius 1 is 1.22 bits per heavy atom. The van der Waals surface area contributed by atoms with Crippen LogP contribution in [0.2, 0.25) is 0 Å². The normalized spacial score (nSPS) is 11.1. The molecule has 0 bridgehead atoms. The first-order valence-corrected chi connectivity index (χ1v) is 8.28. The van der Waals surface area contributed by atoms with Gasteiger partial charge in [-0.05, 0) is 36.1 Å². The summed E-state index contributed by atoms with van der Waals surface area (Å²) in [7, 11) is 3.50. The van der Waals surface area contributed by atoms with Crippen LogP contribution in [0.4, 0.5) is 0 Å². The van der Waals surface area contributed by atoms with Crippen LogP contribution in [0, 0.1) is 6.92 Å². The standard InChI is InChI=1S/C17H19N3O2S/c1-12-8-9-23-15(12)10-18(2)16(21)11-20-14-7-5-4-6-13(14)19(3)17(20)22/h4-9H,10-11H2,1-3H3. The van der Waals surface area contributed by atoms with Crippen LogP contribution in [0.3, 0.4) is 0 Å². The van der Waals surface area contributed by atoms with Gasteiger partial charge in [0.2, 0.25) is 5.91 Å². The summed E-state index contributed by atoms with van der Waals surface area (Å²) in [6.07, 6.45) is 0. The van der Waals surface area contributed by atoms with E-state index in [4.69, 9.17) is 0 Å². The van der Waals surface area contributed by atoms with E-state index in [0.717, 1.165) is 11.0 Å². The molecule has 0 atom stereocenters. The lowest BCUT2D eigenvalue weighted by Crippen LogP contribution is -2.33. The molecule has 3 aromatic rings. The van der Waals surface area contributed by atoms with Crippen molar-refractivity contribution in [3.05, 3.63) is 56.6 Å². The molecule has 0 saturated carbocycles. The molecule has 0 aliphatic carbocycles. The van der Waals surface area contributed by atoms with Crippen LogP contribution in [0.25, 0.3) is 11.0 Å². The second-order valence-corrected chi connectivity index (χ2v) is 6.69. The zero-order chi connectivity index (χ0) is 16.6. The minimum absolute atomic E-state index is 0.0567. The van der Waals surface area contributed by atoms with Crippen LogP contribution in [0.1, 0.15) is 10.4 Å². The van der Waals surface area contributed by atoms with Crippen molar-refractivity contribution in [2.24, 2.45) is 7.05 Å². The first-order chi connectivity index (χ1) is 11.0. The van der Waals surface area contributed by atoms with Gasteiger partial charge in [-0.2, -0.15) is 0 Å². The second kappa shape index (κ2) is 6.04. The fourth-order valence-corrected chi connectivity index (χ4v) is 3.60. The molecule has 1 amide bonds. The van der Waals surface area contributed by atoms with Crippen LogP contribution in [0.5, 0.6) is 0 Å². The molecule has 6 heteroatoms. The number of carbonyl (C=O) groups is 1. The summed E-state index contributed by atoms with van der Waals surface area (Å²) in [4.78, 5) is 27.7. The van der Waals surface area contributed by atoms with Crippen molar-refractivity contribution in [3.8, 4) is 0 Å². The molecule has 2 heterocycles. The highest BCUT2D eigenvalue weighted by Gasteiger charge is 2.16. The number of rotatable bonds is 4. The van der Waals surface area contributed by atoms with Gasteiger partial charge in [0.05, 0.1) is 17.6 Å². The van der Waals surface area contributed by atoms with E-state index in [1.165, 1.54) is 15.0 Å². The van der Waals surface area contributed by atoms with E-state index in [-0.39, 0.29) is 18.1 Å². The molecule has 1 aromatic carbocycles. The Labute approximate surface area is 138 Å². The molecule has 0 saturated heterocycles. The molecular formula is C17H19N3O2S. The number of amides is 1. The second-order valence-electron chi connectivity index (χ2n) is 5.69. The number of para-hydroxylation sites is 2. The van der Waals surface area contributed by atoms with Crippen LogP contribution in [-0.2, 0) is 24.9 Å². The highest BCUT2D eigenvalue weighted by atomic mass is 32.1. The van der Waals surface area contributed by atoms with E-state index in [2.05, 4.69) is 0 Å². The zero-order valence-corrected chi connectivity index (χ0v) is 14.3. The van der Waals surface area contributed by atoms with E-state index in [9.17, 15) is 9.59 Å². The Balaban J connectivity index is 1.84. The highest BCUT2D eigenvalue weighted by Crippen LogP contribution is 2.18.